The van der Waals surface area contributed by atoms with E-state index in [0.29, 0.717) is 24.9 Å². The Bertz CT molecular complexity index is 1160. The van der Waals surface area contributed by atoms with Crippen molar-refractivity contribution in [2.75, 3.05) is 4.72 Å². The van der Waals surface area contributed by atoms with Crippen molar-refractivity contribution in [2.24, 2.45) is 13.0 Å². The van der Waals surface area contributed by atoms with Crippen molar-refractivity contribution in [2.45, 2.75) is 76.3 Å². The van der Waals surface area contributed by atoms with E-state index in [1.54, 1.807) is 29.8 Å². The van der Waals surface area contributed by atoms with Crippen LogP contribution in [0.5, 0.6) is 0 Å². The Morgan fingerprint density at radius 2 is 1.88 bits per heavy atom. The highest BCUT2D eigenvalue weighted by Gasteiger charge is 2.49. The maximum Gasteiger partial charge on any atom is 0.339 e. The number of cyclic esters (lactones) is 1. The summed E-state index contributed by atoms with van der Waals surface area (Å²) in [4.78, 5) is 17.0. The van der Waals surface area contributed by atoms with Crippen molar-refractivity contribution in [3.63, 3.8) is 0 Å². The Morgan fingerprint density at radius 1 is 1.21 bits per heavy atom. The standard InChI is InChI=1S/C25H35N3O5S/c1-6-11-25(12-7-2)23(29)22(24(30)33-25)20(13-17(3)4)18-9-8-10-19(14-18)27-34(31,32)21-15-28(5)16-26-21/h8-10,14-17,20,27,29H,6-7,11-13H2,1-5H3. The monoisotopic (exact) mass is 489 g/mol. The molecule has 1 aliphatic rings. The fourth-order valence-electron chi connectivity index (χ4n) is 4.65. The van der Waals surface area contributed by atoms with Crippen LogP contribution in [0.1, 0.15) is 71.3 Å². The van der Waals surface area contributed by atoms with E-state index in [1.807, 2.05) is 33.8 Å². The number of aryl methyl sites for hydroxylation is 1. The molecule has 0 spiro atoms. The number of sulfonamides is 1. The second-order valence-corrected chi connectivity index (χ2v) is 11.1. The van der Waals surface area contributed by atoms with Crippen molar-refractivity contribution < 1.29 is 23.1 Å². The van der Waals surface area contributed by atoms with Crippen LogP contribution in [0.2, 0.25) is 0 Å². The lowest BCUT2D eigenvalue weighted by molar-refractivity contribution is -0.149. The number of hydrogen-bond acceptors (Lipinski definition) is 6. The molecule has 0 aliphatic carbocycles. The van der Waals surface area contributed by atoms with E-state index in [1.165, 1.54) is 12.5 Å². The molecule has 1 unspecified atom stereocenters. The molecule has 8 nitrogen and oxygen atoms in total. The number of nitrogens with zero attached hydrogens (tertiary/aromatic N) is 2. The lowest BCUT2D eigenvalue weighted by Gasteiger charge is -2.27. The summed E-state index contributed by atoms with van der Waals surface area (Å²) in [7, 11) is -2.17. The number of esters is 1. The third-order valence-corrected chi connectivity index (χ3v) is 7.32. The quantitative estimate of drug-likeness (QED) is 0.427. The topological polar surface area (TPSA) is 111 Å². The molecule has 9 heteroatoms. The Kier molecular flexibility index (Phi) is 7.75. The number of carbonyl (C=O) groups is 1. The molecule has 2 aromatic rings. The molecule has 3 rings (SSSR count). The highest BCUT2D eigenvalue weighted by molar-refractivity contribution is 7.92. The summed E-state index contributed by atoms with van der Waals surface area (Å²) in [6.07, 6.45) is 6.09. The minimum absolute atomic E-state index is 0.0197. The molecule has 1 aromatic carbocycles. The van der Waals surface area contributed by atoms with Crippen molar-refractivity contribution in [1.82, 2.24) is 9.55 Å². The number of benzene rings is 1. The lowest BCUT2D eigenvalue weighted by atomic mass is 9.81. The Balaban J connectivity index is 2.02. The minimum Gasteiger partial charge on any atom is -0.507 e. The number of aromatic nitrogens is 2. The van der Waals surface area contributed by atoms with E-state index < -0.39 is 27.5 Å². The van der Waals surface area contributed by atoms with E-state index in [2.05, 4.69) is 9.71 Å². The van der Waals surface area contributed by atoms with Gasteiger partial charge in [-0.05, 0) is 42.9 Å². The molecule has 0 radical (unpaired) electrons. The maximum absolute atomic E-state index is 13.1. The van der Waals surface area contributed by atoms with Gasteiger partial charge < -0.3 is 14.4 Å². The second-order valence-electron chi connectivity index (χ2n) is 9.44. The second kappa shape index (κ2) is 10.2. The molecule has 0 fully saturated rings. The van der Waals surface area contributed by atoms with E-state index >= 15 is 0 Å². The Labute approximate surface area is 202 Å². The molecule has 34 heavy (non-hydrogen) atoms. The molecule has 0 amide bonds. The van der Waals surface area contributed by atoms with Crippen LogP contribution >= 0.6 is 0 Å². The fraction of sp³-hybridized carbons (Fsp3) is 0.520. The molecular weight excluding hydrogens is 454 g/mol. The third kappa shape index (κ3) is 5.29. The van der Waals surface area contributed by atoms with E-state index in [-0.39, 0.29) is 22.3 Å². The first-order chi connectivity index (χ1) is 16.0. The van der Waals surface area contributed by atoms with Crippen LogP contribution in [0.15, 0.2) is 53.1 Å². The summed E-state index contributed by atoms with van der Waals surface area (Å²) in [5.41, 5.74) is 0.387. The number of imidazole rings is 1. The molecule has 2 heterocycles. The first kappa shape index (κ1) is 25.8. The number of aliphatic hydroxyl groups excluding tert-OH is 1. The minimum atomic E-state index is -3.87. The molecule has 186 valence electrons. The van der Waals surface area contributed by atoms with E-state index in [9.17, 15) is 18.3 Å². The van der Waals surface area contributed by atoms with Gasteiger partial charge in [-0.2, -0.15) is 8.42 Å². The number of ether oxygens (including phenoxy) is 1. The number of nitrogens with one attached hydrogen (secondary N) is 1. The molecule has 1 aromatic heterocycles. The van der Waals surface area contributed by atoms with Crippen LogP contribution in [0.3, 0.4) is 0 Å². The van der Waals surface area contributed by atoms with Gasteiger partial charge >= 0.3 is 5.97 Å². The van der Waals surface area contributed by atoms with Gasteiger partial charge in [0.15, 0.2) is 10.6 Å². The zero-order valence-electron chi connectivity index (χ0n) is 20.5. The van der Waals surface area contributed by atoms with Crippen molar-refractivity contribution in [3.05, 3.63) is 53.7 Å². The smallest absolute Gasteiger partial charge is 0.339 e. The molecule has 1 aliphatic heterocycles. The maximum atomic E-state index is 13.1. The summed E-state index contributed by atoms with van der Waals surface area (Å²) >= 11 is 0. The summed E-state index contributed by atoms with van der Waals surface area (Å²) < 4.78 is 35.5. The Morgan fingerprint density at radius 3 is 2.44 bits per heavy atom. The number of anilines is 1. The highest BCUT2D eigenvalue weighted by atomic mass is 32.2. The van der Waals surface area contributed by atoms with E-state index in [4.69, 9.17) is 4.74 Å². The highest BCUT2D eigenvalue weighted by Crippen LogP contribution is 2.45. The van der Waals surface area contributed by atoms with Crippen LogP contribution < -0.4 is 4.72 Å². The fourth-order valence-corrected chi connectivity index (χ4v) is 5.68. The van der Waals surface area contributed by atoms with Crippen molar-refractivity contribution in [1.29, 1.82) is 0 Å². The van der Waals surface area contributed by atoms with Crippen LogP contribution in [0, 0.1) is 5.92 Å². The van der Waals surface area contributed by atoms with Crippen LogP contribution in [0.4, 0.5) is 5.69 Å². The summed E-state index contributed by atoms with van der Waals surface area (Å²) in [5, 5.41) is 11.2. The van der Waals surface area contributed by atoms with Gasteiger partial charge in [0.25, 0.3) is 10.0 Å². The van der Waals surface area contributed by atoms with Gasteiger partial charge in [0.1, 0.15) is 5.76 Å². The first-order valence-corrected chi connectivity index (χ1v) is 13.3. The Hall–Kier alpha value is -2.81. The van der Waals surface area contributed by atoms with Crippen molar-refractivity contribution >= 4 is 21.7 Å². The number of carbonyl (C=O) groups excluding carboxylic acids is 1. The third-order valence-electron chi connectivity index (χ3n) is 6.06. The summed E-state index contributed by atoms with van der Waals surface area (Å²) in [6, 6.07) is 6.94. The van der Waals surface area contributed by atoms with E-state index in [0.717, 1.165) is 18.4 Å². The molecular formula is C25H35N3O5S. The van der Waals surface area contributed by atoms with Gasteiger partial charge in [0.05, 0.1) is 11.9 Å². The predicted octanol–water partition coefficient (Wildman–Crippen LogP) is 5.06. The largest absolute Gasteiger partial charge is 0.507 e. The number of hydrogen-bond donors (Lipinski definition) is 2. The van der Waals surface area contributed by atoms with Crippen LogP contribution in [0.25, 0.3) is 0 Å². The first-order valence-electron chi connectivity index (χ1n) is 11.8. The average molecular weight is 490 g/mol. The SMILES string of the molecule is CCCC1(CCC)OC(=O)C(C(CC(C)C)c2cccc(NS(=O)(=O)c3cn(C)cn3)c2)=C1O. The van der Waals surface area contributed by atoms with Gasteiger partial charge in [-0.1, -0.05) is 52.7 Å². The normalized spacial score (nSPS) is 16.7. The zero-order valence-corrected chi connectivity index (χ0v) is 21.4. The molecule has 2 N–H and O–H groups in total. The van der Waals surface area contributed by atoms with Crippen LogP contribution in [-0.2, 0) is 26.6 Å². The van der Waals surface area contributed by atoms with Gasteiger partial charge in [-0.3, -0.25) is 4.72 Å². The number of aliphatic hydroxyl groups is 1. The predicted molar refractivity (Wildman–Crippen MR) is 131 cm³/mol. The zero-order chi connectivity index (χ0) is 25.1. The summed E-state index contributed by atoms with van der Waals surface area (Å²) in [6.45, 7) is 8.09. The molecule has 0 saturated carbocycles. The van der Waals surface area contributed by atoms with Crippen LogP contribution in [-0.4, -0.2) is 34.6 Å². The lowest BCUT2D eigenvalue weighted by Crippen LogP contribution is -2.31. The van der Waals surface area contributed by atoms with Gasteiger partial charge in [-0.15, -0.1) is 0 Å². The van der Waals surface area contributed by atoms with Crippen molar-refractivity contribution in [3.8, 4) is 0 Å². The van der Waals surface area contributed by atoms with Gasteiger partial charge in [0, 0.05) is 24.8 Å². The molecule has 0 bridgehead atoms. The number of rotatable bonds is 11. The van der Waals surface area contributed by atoms with Gasteiger partial charge in [-0.25, -0.2) is 9.78 Å². The van der Waals surface area contributed by atoms with Gasteiger partial charge in [0.2, 0.25) is 0 Å². The summed E-state index contributed by atoms with van der Waals surface area (Å²) in [5.74, 6) is -0.683. The molecule has 0 saturated heterocycles. The average Bonchev–Trinajstić information content (AvgIpc) is 3.29. The molecule has 1 atom stereocenters.